The lowest BCUT2D eigenvalue weighted by Crippen LogP contribution is -1.82. The third kappa shape index (κ3) is 2.82. The van der Waals surface area contributed by atoms with E-state index in [2.05, 4.69) is 124 Å². The molecule has 26 heavy (non-hydrogen) atoms. The second-order valence-corrected chi connectivity index (χ2v) is 9.90. The van der Waals surface area contributed by atoms with Gasteiger partial charge in [0.2, 0.25) is 0 Å². The van der Waals surface area contributed by atoms with E-state index in [1.165, 1.54) is 43.1 Å². The highest BCUT2D eigenvalue weighted by Crippen LogP contribution is 2.35. The van der Waals surface area contributed by atoms with Gasteiger partial charge in [0.15, 0.2) is 0 Å². The Balaban J connectivity index is 1.86. The molecule has 0 aromatic heterocycles. The van der Waals surface area contributed by atoms with Crippen LogP contribution in [0.15, 0.2) is 78.6 Å². The van der Waals surface area contributed by atoms with Gasteiger partial charge in [-0.1, -0.05) is 0 Å². The van der Waals surface area contributed by atoms with Crippen molar-refractivity contribution >= 4 is 107 Å². The zero-order valence-electron chi connectivity index (χ0n) is 13.3. The summed E-state index contributed by atoms with van der Waals surface area (Å²) in [4.78, 5) is 0. The molecule has 0 nitrogen and oxygen atoms in total. The van der Waals surface area contributed by atoms with Gasteiger partial charge in [-0.3, -0.25) is 0 Å². The van der Waals surface area contributed by atoms with Gasteiger partial charge in [0.1, 0.15) is 0 Å². The first-order valence-corrected chi connectivity index (χ1v) is 11.2. The largest absolute Gasteiger partial charge is 0.0496 e. The van der Waals surface area contributed by atoms with Gasteiger partial charge in [0.05, 0.1) is 0 Å². The Labute approximate surface area is 184 Å². The molecule has 0 bridgehead atoms. The molecule has 4 heteroatoms. The molecule has 0 atom stereocenters. The monoisotopic (exact) mass is 590 g/mol. The van der Waals surface area contributed by atoms with Crippen LogP contribution in [-0.4, -0.2) is 0 Å². The van der Waals surface area contributed by atoms with Crippen molar-refractivity contribution in [2.45, 2.75) is 0 Å². The van der Waals surface area contributed by atoms with E-state index in [4.69, 9.17) is 0 Å². The van der Waals surface area contributed by atoms with Crippen LogP contribution in [0, 0.1) is 0 Å². The summed E-state index contributed by atoms with van der Waals surface area (Å²) in [5, 5.41) is 9.98. The minimum atomic E-state index is 1.08. The predicted molar refractivity (Wildman–Crippen MR) is 127 cm³/mol. The van der Waals surface area contributed by atoms with Crippen molar-refractivity contribution in [2.24, 2.45) is 0 Å². The standard InChI is InChI=1S/C22H10Br4/c23-19-7-15-3-11-1-12-4-16-8-20(24)22(26)10-18(16)6-14(12)2-13(11)5-17(15)9-21(19)25/h1-10H. The number of fused-ring (bicyclic) bond motifs is 4. The van der Waals surface area contributed by atoms with Gasteiger partial charge in [-0.05, 0) is 167 Å². The van der Waals surface area contributed by atoms with E-state index in [1.807, 2.05) is 0 Å². The Morgan fingerprint density at radius 3 is 0.615 bits per heavy atom. The quantitative estimate of drug-likeness (QED) is 0.157. The maximum Gasteiger partial charge on any atom is 0.0323 e. The molecule has 5 rings (SSSR count). The number of hydrogen-bond acceptors (Lipinski definition) is 0. The van der Waals surface area contributed by atoms with Crippen LogP contribution in [0.1, 0.15) is 0 Å². The number of halogens is 4. The van der Waals surface area contributed by atoms with Crippen LogP contribution in [0.3, 0.4) is 0 Å². The van der Waals surface area contributed by atoms with Crippen molar-refractivity contribution in [1.82, 2.24) is 0 Å². The SMILES string of the molecule is Brc1cc2cc3cc4cc5cc(Br)c(Br)cc5cc4cc3cc2cc1Br. The third-order valence-corrected chi connectivity index (χ3v) is 8.47. The first-order valence-electron chi connectivity index (χ1n) is 8.03. The van der Waals surface area contributed by atoms with Crippen molar-refractivity contribution in [3.63, 3.8) is 0 Å². The third-order valence-electron chi connectivity index (χ3n) is 4.78. The van der Waals surface area contributed by atoms with Gasteiger partial charge in [-0.15, -0.1) is 0 Å². The van der Waals surface area contributed by atoms with E-state index in [0.29, 0.717) is 0 Å². The minimum Gasteiger partial charge on any atom is -0.0496 e. The Hall–Kier alpha value is -0.940. The fourth-order valence-corrected chi connectivity index (χ4v) is 4.94. The van der Waals surface area contributed by atoms with Gasteiger partial charge in [0.25, 0.3) is 0 Å². The summed E-state index contributed by atoms with van der Waals surface area (Å²) in [5.74, 6) is 0. The zero-order valence-corrected chi connectivity index (χ0v) is 19.6. The first-order chi connectivity index (χ1) is 12.5. The van der Waals surface area contributed by atoms with Crippen LogP contribution in [-0.2, 0) is 0 Å². The lowest BCUT2D eigenvalue weighted by Gasteiger charge is -2.09. The molecule has 5 aromatic carbocycles. The normalized spacial score (nSPS) is 11.8. The van der Waals surface area contributed by atoms with Crippen molar-refractivity contribution in [1.29, 1.82) is 0 Å². The maximum atomic E-state index is 3.60. The second kappa shape index (κ2) is 6.30. The summed E-state index contributed by atoms with van der Waals surface area (Å²) in [7, 11) is 0. The van der Waals surface area contributed by atoms with E-state index in [-0.39, 0.29) is 0 Å². The summed E-state index contributed by atoms with van der Waals surface area (Å²) < 4.78 is 4.30. The fourth-order valence-electron chi connectivity index (χ4n) is 3.49. The van der Waals surface area contributed by atoms with E-state index >= 15 is 0 Å². The molecule has 0 aliphatic carbocycles. The molecule has 0 N–H and O–H groups in total. The molecule has 126 valence electrons. The Bertz CT molecular complexity index is 1160. The molecule has 0 heterocycles. The van der Waals surface area contributed by atoms with Crippen LogP contribution >= 0.6 is 63.7 Å². The number of rotatable bonds is 0. The van der Waals surface area contributed by atoms with Crippen molar-refractivity contribution in [2.75, 3.05) is 0 Å². The highest BCUT2D eigenvalue weighted by Gasteiger charge is 2.07. The first kappa shape index (κ1) is 17.2. The van der Waals surface area contributed by atoms with Crippen LogP contribution < -0.4 is 0 Å². The molecule has 0 spiro atoms. The molecule has 5 aromatic rings. The molecule has 0 amide bonds. The Kier molecular flexibility index (Phi) is 4.16. The molecule has 0 aliphatic rings. The highest BCUT2D eigenvalue weighted by molar-refractivity contribution is 9.13. The van der Waals surface area contributed by atoms with Gasteiger partial charge < -0.3 is 0 Å². The molecule has 0 unspecified atom stereocenters. The summed E-state index contributed by atoms with van der Waals surface area (Å²) in [6.45, 7) is 0. The Morgan fingerprint density at radius 2 is 0.423 bits per heavy atom. The lowest BCUT2D eigenvalue weighted by molar-refractivity contribution is 1.66. The van der Waals surface area contributed by atoms with E-state index < -0.39 is 0 Å². The summed E-state index contributed by atoms with van der Waals surface area (Å²) in [6.07, 6.45) is 0. The summed E-state index contributed by atoms with van der Waals surface area (Å²) in [6, 6.07) is 22.3. The van der Waals surface area contributed by atoms with Crippen molar-refractivity contribution in [3.8, 4) is 0 Å². The van der Waals surface area contributed by atoms with E-state index in [0.717, 1.165) is 17.9 Å². The second-order valence-electron chi connectivity index (χ2n) is 6.48. The fraction of sp³-hybridized carbons (Fsp3) is 0. The van der Waals surface area contributed by atoms with Gasteiger partial charge in [-0.25, -0.2) is 0 Å². The zero-order chi connectivity index (χ0) is 18.0. The topological polar surface area (TPSA) is 0 Å². The smallest absolute Gasteiger partial charge is 0.0323 e. The van der Waals surface area contributed by atoms with Gasteiger partial charge in [-0.2, -0.15) is 0 Å². The summed E-state index contributed by atoms with van der Waals surface area (Å²) >= 11 is 14.4. The Morgan fingerprint density at radius 1 is 0.269 bits per heavy atom. The van der Waals surface area contributed by atoms with Gasteiger partial charge in [0, 0.05) is 17.9 Å². The average Bonchev–Trinajstić information content (AvgIpc) is 2.59. The molecular formula is C22H10Br4. The molecule has 0 radical (unpaired) electrons. The highest BCUT2D eigenvalue weighted by atomic mass is 79.9. The van der Waals surface area contributed by atoms with Crippen LogP contribution in [0.2, 0.25) is 0 Å². The van der Waals surface area contributed by atoms with Gasteiger partial charge >= 0.3 is 0 Å². The molecular weight excluding hydrogens is 584 g/mol. The minimum absolute atomic E-state index is 1.08. The van der Waals surface area contributed by atoms with E-state index in [9.17, 15) is 0 Å². The average molecular weight is 594 g/mol. The molecule has 0 fully saturated rings. The molecule has 0 saturated carbocycles. The van der Waals surface area contributed by atoms with Crippen LogP contribution in [0.5, 0.6) is 0 Å². The van der Waals surface area contributed by atoms with Crippen LogP contribution in [0.25, 0.3) is 43.1 Å². The lowest BCUT2D eigenvalue weighted by atomic mass is 9.97. The van der Waals surface area contributed by atoms with E-state index in [1.54, 1.807) is 0 Å². The summed E-state index contributed by atoms with van der Waals surface area (Å²) in [5.41, 5.74) is 0. The van der Waals surface area contributed by atoms with Crippen LogP contribution in [0.4, 0.5) is 0 Å². The number of hydrogen-bond donors (Lipinski definition) is 0. The van der Waals surface area contributed by atoms with Crippen molar-refractivity contribution < 1.29 is 0 Å². The predicted octanol–water partition coefficient (Wildman–Crippen LogP) is 9.35. The van der Waals surface area contributed by atoms with Crippen molar-refractivity contribution in [3.05, 3.63) is 78.6 Å². The maximum absolute atomic E-state index is 3.60. The number of benzene rings is 5. The molecule has 0 saturated heterocycles. The molecule has 0 aliphatic heterocycles.